The average Bonchev–Trinajstić information content (AvgIpc) is 2.73. The fourth-order valence-corrected chi connectivity index (χ4v) is 3.46. The molecule has 2 rings (SSSR count). The lowest BCUT2D eigenvalue weighted by atomic mass is 10.0. The Morgan fingerprint density at radius 1 is 0.679 bits per heavy atom. The molecule has 0 saturated heterocycles. The van der Waals surface area contributed by atoms with Crippen LogP contribution in [0.3, 0.4) is 0 Å². The number of carbonyl (C=O) groups excluding carboxylic acids is 1. The van der Waals surface area contributed by atoms with Gasteiger partial charge >= 0.3 is 0 Å². The van der Waals surface area contributed by atoms with E-state index in [1.54, 1.807) is 0 Å². The Bertz CT molecular complexity index is 648. The van der Waals surface area contributed by atoms with E-state index < -0.39 is 0 Å². The molecule has 152 valence electrons. The Kier molecular flexibility index (Phi) is 11.1. The minimum absolute atomic E-state index is 0.171. The van der Waals surface area contributed by atoms with Gasteiger partial charge in [-0.05, 0) is 55.2 Å². The van der Waals surface area contributed by atoms with Crippen LogP contribution in [0.15, 0.2) is 54.6 Å². The molecule has 1 amide bonds. The Balaban J connectivity index is 1.52. The first-order valence-corrected chi connectivity index (χ1v) is 11.2. The maximum absolute atomic E-state index is 11.8. The van der Waals surface area contributed by atoms with E-state index >= 15 is 0 Å². The van der Waals surface area contributed by atoms with Crippen molar-refractivity contribution in [2.75, 3.05) is 6.54 Å². The van der Waals surface area contributed by atoms with Crippen LogP contribution in [0.2, 0.25) is 0 Å². The molecule has 2 heteroatoms. The second-order valence-corrected chi connectivity index (χ2v) is 7.77. The molecule has 1 N–H and O–H groups in total. The molecular weight excluding hydrogens is 342 g/mol. The molecular formula is C26H37NO. The highest BCUT2D eigenvalue weighted by Crippen LogP contribution is 2.13. The molecule has 0 fully saturated rings. The van der Waals surface area contributed by atoms with Crippen molar-refractivity contribution in [3.63, 3.8) is 0 Å². The van der Waals surface area contributed by atoms with Gasteiger partial charge < -0.3 is 5.32 Å². The van der Waals surface area contributed by atoms with Crippen LogP contribution in [-0.4, -0.2) is 12.5 Å². The van der Waals surface area contributed by atoms with Gasteiger partial charge in [-0.3, -0.25) is 4.79 Å². The van der Waals surface area contributed by atoms with Crippen LogP contribution >= 0.6 is 0 Å². The molecule has 0 unspecified atom stereocenters. The number of carbonyl (C=O) groups is 1. The van der Waals surface area contributed by atoms with Crippen LogP contribution < -0.4 is 5.32 Å². The molecule has 0 aliphatic rings. The first kappa shape index (κ1) is 22.2. The molecule has 0 atom stereocenters. The van der Waals surface area contributed by atoms with Crippen molar-refractivity contribution in [3.8, 4) is 0 Å². The summed E-state index contributed by atoms with van der Waals surface area (Å²) in [5.74, 6) is 0.171. The Morgan fingerprint density at radius 3 is 1.82 bits per heavy atom. The Hall–Kier alpha value is -2.09. The number of nitrogens with one attached hydrogen (secondary N) is 1. The molecule has 28 heavy (non-hydrogen) atoms. The zero-order chi connectivity index (χ0) is 19.9. The maximum Gasteiger partial charge on any atom is 0.220 e. The van der Waals surface area contributed by atoms with E-state index in [0.29, 0.717) is 6.42 Å². The lowest BCUT2D eigenvalue weighted by molar-refractivity contribution is -0.121. The van der Waals surface area contributed by atoms with Gasteiger partial charge in [-0.25, -0.2) is 0 Å². The summed E-state index contributed by atoms with van der Waals surface area (Å²) in [5, 5.41) is 2.98. The zero-order valence-electron chi connectivity index (χ0n) is 17.6. The molecule has 0 saturated carbocycles. The number of amides is 1. The minimum Gasteiger partial charge on any atom is -0.356 e. The number of rotatable bonds is 14. The van der Waals surface area contributed by atoms with Crippen molar-refractivity contribution in [2.45, 2.75) is 77.6 Å². The average molecular weight is 380 g/mol. The fourth-order valence-electron chi connectivity index (χ4n) is 3.46. The monoisotopic (exact) mass is 379 g/mol. The summed E-state index contributed by atoms with van der Waals surface area (Å²) in [6, 6.07) is 19.6. The predicted molar refractivity (Wildman–Crippen MR) is 120 cm³/mol. The topological polar surface area (TPSA) is 29.1 Å². The van der Waals surface area contributed by atoms with Gasteiger partial charge in [0.05, 0.1) is 0 Å². The van der Waals surface area contributed by atoms with Gasteiger partial charge in [0.25, 0.3) is 0 Å². The lowest BCUT2D eigenvalue weighted by Gasteiger charge is -2.06. The van der Waals surface area contributed by atoms with Crippen LogP contribution in [0, 0.1) is 0 Å². The summed E-state index contributed by atoms with van der Waals surface area (Å²) in [6.07, 6.45) is 12.5. The third-order valence-electron chi connectivity index (χ3n) is 5.29. The normalized spacial score (nSPS) is 10.8. The summed E-state index contributed by atoms with van der Waals surface area (Å²) in [4.78, 5) is 11.8. The van der Waals surface area contributed by atoms with Crippen molar-refractivity contribution in [3.05, 3.63) is 71.3 Å². The van der Waals surface area contributed by atoms with E-state index in [0.717, 1.165) is 32.2 Å². The van der Waals surface area contributed by atoms with E-state index in [1.807, 2.05) is 0 Å². The van der Waals surface area contributed by atoms with Crippen LogP contribution in [0.5, 0.6) is 0 Å². The largest absolute Gasteiger partial charge is 0.356 e. The maximum atomic E-state index is 11.8. The van der Waals surface area contributed by atoms with Gasteiger partial charge in [-0.15, -0.1) is 0 Å². The van der Waals surface area contributed by atoms with Gasteiger partial charge in [0.2, 0.25) is 5.91 Å². The smallest absolute Gasteiger partial charge is 0.220 e. The SMILES string of the molecule is CCCCNC(=O)CCc1ccc(CCCCCCCc2ccccc2)cc1. The number of aryl methyl sites for hydroxylation is 3. The van der Waals surface area contributed by atoms with Gasteiger partial charge in [0.15, 0.2) is 0 Å². The molecule has 0 bridgehead atoms. The number of benzene rings is 2. The minimum atomic E-state index is 0.171. The second kappa shape index (κ2) is 14.0. The highest BCUT2D eigenvalue weighted by molar-refractivity contribution is 5.76. The van der Waals surface area contributed by atoms with Crippen LogP contribution in [0.1, 0.15) is 75.0 Å². The zero-order valence-corrected chi connectivity index (χ0v) is 17.6. The second-order valence-electron chi connectivity index (χ2n) is 7.77. The highest BCUT2D eigenvalue weighted by atomic mass is 16.1. The van der Waals surface area contributed by atoms with E-state index in [9.17, 15) is 4.79 Å². The number of hydrogen-bond acceptors (Lipinski definition) is 1. The summed E-state index contributed by atoms with van der Waals surface area (Å²) >= 11 is 0. The molecule has 2 aromatic rings. The van der Waals surface area contributed by atoms with E-state index in [2.05, 4.69) is 66.8 Å². The molecule has 0 aliphatic carbocycles. The van der Waals surface area contributed by atoms with E-state index in [4.69, 9.17) is 0 Å². The van der Waals surface area contributed by atoms with Gasteiger partial charge in [-0.2, -0.15) is 0 Å². The first-order chi connectivity index (χ1) is 13.8. The van der Waals surface area contributed by atoms with E-state index in [-0.39, 0.29) is 5.91 Å². The van der Waals surface area contributed by atoms with Crippen LogP contribution in [0.25, 0.3) is 0 Å². The number of hydrogen-bond donors (Lipinski definition) is 1. The summed E-state index contributed by atoms with van der Waals surface area (Å²) in [5.41, 5.74) is 4.14. The van der Waals surface area contributed by atoms with Crippen LogP contribution in [-0.2, 0) is 24.1 Å². The Labute approximate surface area is 171 Å². The fraction of sp³-hybridized carbons (Fsp3) is 0.500. The first-order valence-electron chi connectivity index (χ1n) is 11.2. The summed E-state index contributed by atoms with van der Waals surface area (Å²) < 4.78 is 0. The van der Waals surface area contributed by atoms with Crippen molar-refractivity contribution in [2.24, 2.45) is 0 Å². The molecule has 0 spiro atoms. The van der Waals surface area contributed by atoms with Gasteiger partial charge in [-0.1, -0.05) is 87.2 Å². The third-order valence-corrected chi connectivity index (χ3v) is 5.29. The molecule has 0 radical (unpaired) electrons. The van der Waals surface area contributed by atoms with Crippen LogP contribution in [0.4, 0.5) is 0 Å². The standard InChI is InChI=1S/C26H37NO/c1-2-3-22-27-26(28)21-20-25-18-16-24(17-19-25)15-9-6-4-5-8-12-23-13-10-7-11-14-23/h7,10-11,13-14,16-19H,2-6,8-9,12,15,20-22H2,1H3,(H,27,28). The Morgan fingerprint density at radius 2 is 1.21 bits per heavy atom. The highest BCUT2D eigenvalue weighted by Gasteiger charge is 2.02. The van der Waals surface area contributed by atoms with E-state index in [1.165, 1.54) is 55.2 Å². The van der Waals surface area contributed by atoms with Crippen molar-refractivity contribution in [1.29, 1.82) is 0 Å². The van der Waals surface area contributed by atoms with Crippen molar-refractivity contribution >= 4 is 5.91 Å². The number of unbranched alkanes of at least 4 members (excludes halogenated alkanes) is 5. The van der Waals surface area contributed by atoms with Crippen molar-refractivity contribution < 1.29 is 4.79 Å². The van der Waals surface area contributed by atoms with Crippen molar-refractivity contribution in [1.82, 2.24) is 5.32 Å². The predicted octanol–water partition coefficient (Wildman–Crippen LogP) is 6.27. The summed E-state index contributed by atoms with van der Waals surface area (Å²) in [6.45, 7) is 2.94. The molecule has 0 heterocycles. The lowest BCUT2D eigenvalue weighted by Crippen LogP contribution is -2.24. The summed E-state index contributed by atoms with van der Waals surface area (Å²) in [7, 11) is 0. The molecule has 0 aromatic heterocycles. The molecule has 2 aromatic carbocycles. The molecule has 0 aliphatic heterocycles. The molecule has 2 nitrogen and oxygen atoms in total. The third kappa shape index (κ3) is 9.73. The quantitative estimate of drug-likeness (QED) is 0.385. The van der Waals surface area contributed by atoms with Gasteiger partial charge in [0.1, 0.15) is 0 Å². The van der Waals surface area contributed by atoms with Gasteiger partial charge in [0, 0.05) is 13.0 Å².